The SMILES string of the molecule is CNC(Cc1sccc1Br)c1cc(C(F)(F)F)ccc1F. The fraction of sp³-hybridized carbons (Fsp3) is 0.286. The highest BCUT2D eigenvalue weighted by atomic mass is 79.9. The molecule has 0 bridgehead atoms. The zero-order valence-corrected chi connectivity index (χ0v) is 13.4. The normalized spacial score (nSPS) is 13.4. The quantitative estimate of drug-likeness (QED) is 0.720. The lowest BCUT2D eigenvalue weighted by Crippen LogP contribution is -2.21. The smallest absolute Gasteiger partial charge is 0.313 e. The van der Waals surface area contributed by atoms with Crippen molar-refractivity contribution in [2.24, 2.45) is 0 Å². The highest BCUT2D eigenvalue weighted by Crippen LogP contribution is 2.34. The van der Waals surface area contributed by atoms with Crippen LogP contribution in [0.4, 0.5) is 17.6 Å². The third kappa shape index (κ3) is 3.84. The van der Waals surface area contributed by atoms with Gasteiger partial charge in [-0.05, 0) is 52.6 Å². The van der Waals surface area contributed by atoms with Crippen molar-refractivity contribution in [3.63, 3.8) is 0 Å². The van der Waals surface area contributed by atoms with Gasteiger partial charge in [0.1, 0.15) is 5.82 Å². The van der Waals surface area contributed by atoms with Crippen molar-refractivity contribution < 1.29 is 17.6 Å². The highest BCUT2D eigenvalue weighted by molar-refractivity contribution is 9.10. The molecule has 2 rings (SSSR count). The third-order valence-electron chi connectivity index (χ3n) is 3.13. The van der Waals surface area contributed by atoms with E-state index < -0.39 is 23.6 Å². The summed E-state index contributed by atoms with van der Waals surface area (Å²) in [5.41, 5.74) is -0.822. The van der Waals surface area contributed by atoms with E-state index >= 15 is 0 Å². The Hall–Kier alpha value is -0.920. The summed E-state index contributed by atoms with van der Waals surface area (Å²) in [7, 11) is 1.60. The molecule has 1 nitrogen and oxygen atoms in total. The lowest BCUT2D eigenvalue weighted by Gasteiger charge is -2.18. The third-order valence-corrected chi connectivity index (χ3v) is 5.08. The summed E-state index contributed by atoms with van der Waals surface area (Å²) < 4.78 is 53.1. The minimum atomic E-state index is -4.48. The summed E-state index contributed by atoms with van der Waals surface area (Å²) in [5, 5.41) is 4.75. The second kappa shape index (κ2) is 6.46. The molecule has 0 saturated heterocycles. The maximum absolute atomic E-state index is 13.9. The van der Waals surface area contributed by atoms with Gasteiger partial charge in [0, 0.05) is 27.4 Å². The molecule has 114 valence electrons. The molecule has 1 atom stereocenters. The van der Waals surface area contributed by atoms with Gasteiger partial charge in [0.05, 0.1) is 5.56 Å². The van der Waals surface area contributed by atoms with E-state index in [1.807, 2.05) is 11.4 Å². The monoisotopic (exact) mass is 381 g/mol. The summed E-state index contributed by atoms with van der Waals surface area (Å²) in [6.45, 7) is 0. The first-order chi connectivity index (χ1) is 9.82. The summed E-state index contributed by atoms with van der Waals surface area (Å²) in [5.74, 6) is -0.643. The molecular weight excluding hydrogens is 370 g/mol. The molecule has 0 saturated carbocycles. The number of halogens is 5. The average Bonchev–Trinajstić information content (AvgIpc) is 2.81. The van der Waals surface area contributed by atoms with Gasteiger partial charge >= 0.3 is 6.18 Å². The molecule has 21 heavy (non-hydrogen) atoms. The predicted molar refractivity (Wildman–Crippen MR) is 78.9 cm³/mol. The molecule has 0 fully saturated rings. The van der Waals surface area contributed by atoms with E-state index in [1.165, 1.54) is 11.3 Å². The van der Waals surface area contributed by atoms with Crippen LogP contribution in [0.3, 0.4) is 0 Å². The number of thiophene rings is 1. The van der Waals surface area contributed by atoms with Gasteiger partial charge in [-0.25, -0.2) is 4.39 Å². The fourth-order valence-electron chi connectivity index (χ4n) is 2.01. The lowest BCUT2D eigenvalue weighted by atomic mass is 10.00. The van der Waals surface area contributed by atoms with E-state index in [0.29, 0.717) is 6.42 Å². The second-order valence-electron chi connectivity index (χ2n) is 4.47. The minimum Gasteiger partial charge on any atom is -0.313 e. The fourth-order valence-corrected chi connectivity index (χ4v) is 3.57. The maximum Gasteiger partial charge on any atom is 0.416 e. The molecular formula is C14H12BrF4NS. The molecule has 0 aliphatic carbocycles. The van der Waals surface area contributed by atoms with Crippen molar-refractivity contribution in [3.05, 3.63) is 55.9 Å². The van der Waals surface area contributed by atoms with Gasteiger partial charge < -0.3 is 5.32 Å². The van der Waals surface area contributed by atoms with Gasteiger partial charge in [-0.1, -0.05) is 0 Å². The molecule has 0 amide bonds. The topological polar surface area (TPSA) is 12.0 Å². The first-order valence-corrected chi connectivity index (χ1v) is 7.76. The number of likely N-dealkylation sites (N-methyl/N-ethyl adjacent to an activating group) is 1. The summed E-state index contributed by atoms with van der Waals surface area (Å²) >= 11 is 4.84. The van der Waals surface area contributed by atoms with Crippen molar-refractivity contribution in [1.82, 2.24) is 5.32 Å². The molecule has 2 aromatic rings. The van der Waals surface area contributed by atoms with E-state index in [9.17, 15) is 17.6 Å². The molecule has 0 aliphatic heterocycles. The van der Waals surface area contributed by atoms with Crippen LogP contribution in [0.5, 0.6) is 0 Å². The van der Waals surface area contributed by atoms with Gasteiger partial charge in [-0.3, -0.25) is 0 Å². The summed E-state index contributed by atoms with van der Waals surface area (Å²) in [6, 6.07) is 3.83. The van der Waals surface area contributed by atoms with E-state index in [1.54, 1.807) is 7.05 Å². The van der Waals surface area contributed by atoms with E-state index in [4.69, 9.17) is 0 Å². The molecule has 1 unspecified atom stereocenters. The zero-order valence-electron chi connectivity index (χ0n) is 11.0. The van der Waals surface area contributed by atoms with Crippen LogP contribution in [0.1, 0.15) is 22.0 Å². The Balaban J connectivity index is 2.35. The number of hydrogen-bond donors (Lipinski definition) is 1. The molecule has 1 heterocycles. The Labute approximate surface area is 132 Å². The first kappa shape index (κ1) is 16.5. The van der Waals surface area contributed by atoms with E-state index in [-0.39, 0.29) is 5.56 Å². The molecule has 0 spiro atoms. The number of hydrogen-bond acceptors (Lipinski definition) is 2. The molecule has 0 radical (unpaired) electrons. The molecule has 1 aromatic heterocycles. The van der Waals surface area contributed by atoms with Crippen molar-refractivity contribution >= 4 is 27.3 Å². The van der Waals surface area contributed by atoms with Crippen molar-refractivity contribution in [2.75, 3.05) is 7.05 Å². The second-order valence-corrected chi connectivity index (χ2v) is 6.33. The number of alkyl halides is 3. The molecule has 1 aromatic carbocycles. The largest absolute Gasteiger partial charge is 0.416 e. The van der Waals surface area contributed by atoms with Gasteiger partial charge in [0.15, 0.2) is 0 Å². The van der Waals surface area contributed by atoms with Crippen LogP contribution < -0.4 is 5.32 Å². The van der Waals surface area contributed by atoms with Crippen LogP contribution >= 0.6 is 27.3 Å². The van der Waals surface area contributed by atoms with Crippen LogP contribution in [0.25, 0.3) is 0 Å². The van der Waals surface area contributed by atoms with Crippen LogP contribution in [-0.2, 0) is 12.6 Å². The molecule has 0 aliphatic rings. The van der Waals surface area contributed by atoms with Gasteiger partial charge in [0.25, 0.3) is 0 Å². The zero-order chi connectivity index (χ0) is 15.6. The lowest BCUT2D eigenvalue weighted by molar-refractivity contribution is -0.137. The van der Waals surface area contributed by atoms with E-state index in [2.05, 4.69) is 21.2 Å². The Morgan fingerprint density at radius 1 is 1.29 bits per heavy atom. The maximum atomic E-state index is 13.9. The Morgan fingerprint density at radius 3 is 2.52 bits per heavy atom. The number of benzene rings is 1. The highest BCUT2D eigenvalue weighted by Gasteiger charge is 2.32. The molecule has 1 N–H and O–H groups in total. The first-order valence-electron chi connectivity index (χ1n) is 6.08. The van der Waals surface area contributed by atoms with Crippen molar-refractivity contribution in [3.8, 4) is 0 Å². The summed E-state index contributed by atoms with van der Waals surface area (Å²) in [6.07, 6.45) is -4.07. The van der Waals surface area contributed by atoms with Gasteiger partial charge in [-0.2, -0.15) is 13.2 Å². The Morgan fingerprint density at radius 2 is 2.00 bits per heavy atom. The minimum absolute atomic E-state index is 0.0209. The average molecular weight is 382 g/mol. The summed E-state index contributed by atoms with van der Waals surface area (Å²) in [4.78, 5) is 0.950. The van der Waals surface area contributed by atoms with Crippen LogP contribution in [0.2, 0.25) is 0 Å². The van der Waals surface area contributed by atoms with Crippen LogP contribution in [0.15, 0.2) is 34.1 Å². The standard InChI is InChI=1S/C14H12BrF4NS/c1-20-12(7-13-10(15)4-5-21-13)9-6-8(14(17,18)19)2-3-11(9)16/h2-6,12,20H,7H2,1H3. The van der Waals surface area contributed by atoms with Gasteiger partial charge in [-0.15, -0.1) is 11.3 Å². The van der Waals surface area contributed by atoms with E-state index in [0.717, 1.165) is 27.5 Å². The Bertz CT molecular complexity index is 624. The molecule has 7 heteroatoms. The van der Waals surface area contributed by atoms with Crippen molar-refractivity contribution in [2.45, 2.75) is 18.6 Å². The van der Waals surface area contributed by atoms with Gasteiger partial charge in [0.2, 0.25) is 0 Å². The number of rotatable bonds is 4. The van der Waals surface area contributed by atoms with Crippen molar-refractivity contribution in [1.29, 1.82) is 0 Å². The number of nitrogens with one attached hydrogen (secondary N) is 1. The predicted octanol–water partition coefficient (Wildman–Crippen LogP) is 5.17. The van der Waals surface area contributed by atoms with Crippen LogP contribution in [-0.4, -0.2) is 7.05 Å². The van der Waals surface area contributed by atoms with Crippen LogP contribution in [0, 0.1) is 5.82 Å². The Kier molecular flexibility index (Phi) is 5.06.